The highest BCUT2D eigenvalue weighted by Gasteiger charge is 2.36. The molecule has 0 N–H and O–H groups in total. The van der Waals surface area contributed by atoms with Gasteiger partial charge in [0, 0.05) is 4.88 Å². The lowest BCUT2D eigenvalue weighted by Gasteiger charge is -2.11. The van der Waals surface area contributed by atoms with Gasteiger partial charge in [-0.05, 0) is 30.7 Å². The van der Waals surface area contributed by atoms with Gasteiger partial charge >= 0.3 is 0 Å². The lowest BCUT2D eigenvalue weighted by atomic mass is 10.1. The number of fused-ring (bicyclic) bond motifs is 1. The van der Waals surface area contributed by atoms with E-state index in [1.165, 1.54) is 11.3 Å². The van der Waals surface area contributed by atoms with Gasteiger partial charge in [-0.2, -0.15) is 0 Å². The summed E-state index contributed by atoms with van der Waals surface area (Å²) in [7, 11) is 0. The molecule has 2 heterocycles. The Balaban J connectivity index is 1.82. The van der Waals surface area contributed by atoms with Crippen LogP contribution in [0, 0.1) is 0 Å². The minimum atomic E-state index is -0.392. The first kappa shape index (κ1) is 13.7. The van der Waals surface area contributed by atoms with Crippen LogP contribution >= 0.6 is 11.3 Å². The van der Waals surface area contributed by atoms with E-state index >= 15 is 0 Å². The van der Waals surface area contributed by atoms with Crippen LogP contribution in [0.3, 0.4) is 0 Å². The average molecular weight is 299 g/mol. The molecule has 21 heavy (non-hydrogen) atoms. The number of ketones is 1. The normalized spacial score (nSPS) is 13.7. The summed E-state index contributed by atoms with van der Waals surface area (Å²) in [6.07, 6.45) is 0.866. The summed E-state index contributed by atoms with van der Waals surface area (Å²) in [4.78, 5) is 39.3. The van der Waals surface area contributed by atoms with Gasteiger partial charge in [-0.1, -0.05) is 19.1 Å². The number of hydrogen-bond donors (Lipinski definition) is 0. The maximum absolute atomic E-state index is 12.2. The third-order valence-electron chi connectivity index (χ3n) is 3.46. The average Bonchev–Trinajstić information content (AvgIpc) is 3.07. The second-order valence-electron chi connectivity index (χ2n) is 4.78. The zero-order chi connectivity index (χ0) is 15.0. The molecule has 0 bridgehead atoms. The zero-order valence-electron chi connectivity index (χ0n) is 11.5. The Morgan fingerprint density at radius 3 is 2.19 bits per heavy atom. The van der Waals surface area contributed by atoms with Crippen molar-refractivity contribution in [2.75, 3.05) is 6.54 Å². The number of hydrogen-bond acceptors (Lipinski definition) is 4. The first-order valence-corrected chi connectivity index (χ1v) is 7.50. The minimum absolute atomic E-state index is 0.198. The van der Waals surface area contributed by atoms with Gasteiger partial charge in [0.2, 0.25) is 0 Å². The van der Waals surface area contributed by atoms with Gasteiger partial charge < -0.3 is 0 Å². The van der Waals surface area contributed by atoms with E-state index in [9.17, 15) is 14.4 Å². The van der Waals surface area contributed by atoms with Crippen molar-refractivity contribution in [1.29, 1.82) is 0 Å². The number of thiophene rings is 1. The van der Waals surface area contributed by atoms with Crippen molar-refractivity contribution in [3.8, 4) is 0 Å². The van der Waals surface area contributed by atoms with Crippen molar-refractivity contribution in [3.63, 3.8) is 0 Å². The highest BCUT2D eigenvalue weighted by Crippen LogP contribution is 2.24. The highest BCUT2D eigenvalue weighted by atomic mass is 32.1. The molecule has 2 aromatic rings. The Hall–Kier alpha value is -2.27. The van der Waals surface area contributed by atoms with Gasteiger partial charge in [-0.3, -0.25) is 19.3 Å². The molecule has 0 aliphatic carbocycles. The van der Waals surface area contributed by atoms with Crippen LogP contribution < -0.4 is 0 Å². The molecule has 1 aliphatic rings. The molecule has 1 aromatic carbocycles. The quantitative estimate of drug-likeness (QED) is 0.644. The van der Waals surface area contributed by atoms with Crippen LogP contribution in [0.15, 0.2) is 36.4 Å². The van der Waals surface area contributed by atoms with E-state index in [1.54, 1.807) is 30.3 Å². The summed E-state index contributed by atoms with van der Waals surface area (Å²) < 4.78 is 0. The number of aryl methyl sites for hydroxylation is 1. The molecular weight excluding hydrogens is 286 g/mol. The Bertz CT molecular complexity index is 712. The minimum Gasteiger partial charge on any atom is -0.291 e. The van der Waals surface area contributed by atoms with Gasteiger partial charge in [-0.25, -0.2) is 0 Å². The van der Waals surface area contributed by atoms with Crippen LogP contribution in [-0.2, 0) is 6.42 Å². The molecule has 0 spiro atoms. The number of amides is 2. The molecule has 0 saturated heterocycles. The first-order chi connectivity index (χ1) is 10.1. The number of benzene rings is 1. The van der Waals surface area contributed by atoms with Crippen molar-refractivity contribution in [2.45, 2.75) is 13.3 Å². The van der Waals surface area contributed by atoms with Gasteiger partial charge in [0.1, 0.15) is 0 Å². The molecule has 0 fully saturated rings. The fourth-order valence-corrected chi connectivity index (χ4v) is 3.20. The smallest absolute Gasteiger partial charge is 0.261 e. The predicted octanol–water partition coefficient (Wildman–Crippen LogP) is 2.79. The third kappa shape index (κ3) is 2.29. The van der Waals surface area contributed by atoms with E-state index in [0.29, 0.717) is 16.0 Å². The largest absolute Gasteiger partial charge is 0.291 e. The van der Waals surface area contributed by atoms with Crippen molar-refractivity contribution in [3.05, 3.63) is 57.3 Å². The Kier molecular flexibility index (Phi) is 3.43. The topological polar surface area (TPSA) is 54.5 Å². The fraction of sp³-hybridized carbons (Fsp3) is 0.188. The summed E-state index contributed by atoms with van der Waals surface area (Å²) in [6.45, 7) is 1.82. The van der Waals surface area contributed by atoms with Gasteiger partial charge in [0.25, 0.3) is 11.8 Å². The van der Waals surface area contributed by atoms with E-state index in [-0.39, 0.29) is 12.3 Å². The maximum atomic E-state index is 12.2. The number of carbonyl (C=O) groups excluding carboxylic acids is 3. The lowest BCUT2D eigenvalue weighted by Crippen LogP contribution is -2.34. The lowest BCUT2D eigenvalue weighted by molar-refractivity contribution is 0.0625. The molecule has 2 amide bonds. The van der Waals surface area contributed by atoms with Crippen molar-refractivity contribution >= 4 is 28.9 Å². The zero-order valence-corrected chi connectivity index (χ0v) is 12.3. The number of Topliss-reactive ketones (excluding diaryl/α,β-unsaturated/α-hetero) is 1. The van der Waals surface area contributed by atoms with Crippen molar-refractivity contribution in [2.24, 2.45) is 0 Å². The summed E-state index contributed by atoms with van der Waals surface area (Å²) in [5, 5.41) is 0. The summed E-state index contributed by atoms with van der Waals surface area (Å²) in [5.41, 5.74) is 0.742. The molecule has 1 aromatic heterocycles. The van der Waals surface area contributed by atoms with Gasteiger partial charge in [0.15, 0.2) is 5.78 Å². The van der Waals surface area contributed by atoms with E-state index in [4.69, 9.17) is 0 Å². The summed E-state index contributed by atoms with van der Waals surface area (Å²) in [6, 6.07) is 10.3. The predicted molar refractivity (Wildman–Crippen MR) is 79.8 cm³/mol. The Morgan fingerprint density at radius 2 is 1.67 bits per heavy atom. The first-order valence-electron chi connectivity index (χ1n) is 6.69. The number of carbonyl (C=O) groups is 3. The SMILES string of the molecule is CCc1ccc(C(=O)CN2C(=O)c3ccccc3C2=O)s1. The molecule has 3 rings (SSSR count). The van der Waals surface area contributed by atoms with E-state index in [1.807, 2.05) is 13.0 Å². The van der Waals surface area contributed by atoms with Crippen LogP contribution in [0.25, 0.3) is 0 Å². The second-order valence-corrected chi connectivity index (χ2v) is 5.95. The van der Waals surface area contributed by atoms with E-state index in [2.05, 4.69) is 0 Å². The van der Waals surface area contributed by atoms with Crippen LogP contribution in [0.4, 0.5) is 0 Å². The molecule has 106 valence electrons. The third-order valence-corrected chi connectivity index (χ3v) is 4.74. The van der Waals surface area contributed by atoms with Crippen molar-refractivity contribution in [1.82, 2.24) is 4.90 Å². The number of imide groups is 1. The monoisotopic (exact) mass is 299 g/mol. The molecule has 0 radical (unpaired) electrons. The second kappa shape index (κ2) is 5.26. The van der Waals surface area contributed by atoms with Crippen LogP contribution in [0.2, 0.25) is 0 Å². The summed E-state index contributed by atoms with van der Waals surface area (Å²) in [5.74, 6) is -0.985. The van der Waals surface area contributed by atoms with Crippen LogP contribution in [0.5, 0.6) is 0 Å². The molecule has 0 saturated carbocycles. The highest BCUT2D eigenvalue weighted by molar-refractivity contribution is 7.14. The van der Waals surface area contributed by atoms with Crippen molar-refractivity contribution < 1.29 is 14.4 Å². The molecule has 4 nitrogen and oxygen atoms in total. The number of nitrogens with zero attached hydrogens (tertiary/aromatic N) is 1. The number of rotatable bonds is 4. The molecule has 0 atom stereocenters. The van der Waals surface area contributed by atoms with Crippen LogP contribution in [0.1, 0.15) is 42.2 Å². The summed E-state index contributed by atoms with van der Waals surface area (Å²) >= 11 is 1.41. The maximum Gasteiger partial charge on any atom is 0.261 e. The van der Waals surface area contributed by atoms with Crippen LogP contribution in [-0.4, -0.2) is 29.0 Å². The molecular formula is C16H13NO3S. The van der Waals surface area contributed by atoms with E-state index < -0.39 is 11.8 Å². The molecule has 5 heteroatoms. The van der Waals surface area contributed by atoms with E-state index in [0.717, 1.165) is 16.2 Å². The molecule has 0 unspecified atom stereocenters. The van der Waals surface area contributed by atoms with Gasteiger partial charge in [-0.15, -0.1) is 11.3 Å². The van der Waals surface area contributed by atoms with Gasteiger partial charge in [0.05, 0.1) is 22.5 Å². The fourth-order valence-electron chi connectivity index (χ4n) is 2.32. The Labute approximate surface area is 126 Å². The molecule has 1 aliphatic heterocycles. The Morgan fingerprint density at radius 1 is 1.05 bits per heavy atom. The standard InChI is InChI=1S/C16H13NO3S/c1-2-10-7-8-14(21-10)13(18)9-17-15(19)11-5-3-4-6-12(11)16(17)20/h3-8H,2,9H2,1H3.